The molecule has 0 saturated carbocycles. The van der Waals surface area contributed by atoms with E-state index in [1.165, 1.54) is 12.1 Å². The van der Waals surface area contributed by atoms with E-state index in [9.17, 15) is 4.39 Å². The van der Waals surface area contributed by atoms with Gasteiger partial charge in [0.1, 0.15) is 5.82 Å². The third kappa shape index (κ3) is 3.49. The summed E-state index contributed by atoms with van der Waals surface area (Å²) < 4.78 is 18.1. The molecule has 0 atom stereocenters. The predicted molar refractivity (Wildman–Crippen MR) is 74.5 cm³/mol. The van der Waals surface area contributed by atoms with Crippen molar-refractivity contribution in [1.29, 1.82) is 0 Å². The molecule has 2 rings (SSSR count). The van der Waals surface area contributed by atoms with Gasteiger partial charge in [0.05, 0.1) is 35.1 Å². The highest BCUT2D eigenvalue weighted by atomic mass is 35.5. The number of benzene rings is 1. The van der Waals surface area contributed by atoms with Crippen molar-refractivity contribution in [3.63, 3.8) is 0 Å². The molecular weight excluding hydrogens is 290 g/mol. The van der Waals surface area contributed by atoms with Gasteiger partial charge in [-0.05, 0) is 18.2 Å². The number of ether oxygens (including phenoxy) is 1. The number of hydrogen-bond acceptors (Lipinski definition) is 3. The van der Waals surface area contributed by atoms with Crippen LogP contribution in [0.1, 0.15) is 5.69 Å². The molecule has 3 nitrogen and oxygen atoms in total. The van der Waals surface area contributed by atoms with Crippen molar-refractivity contribution >= 4 is 28.9 Å². The maximum Gasteiger partial charge on any atom is 0.213 e. The lowest BCUT2D eigenvalue weighted by Gasteiger charge is -2.10. The topological polar surface area (TPSA) is 34.1 Å². The molecule has 0 amide bonds. The highest BCUT2D eigenvalue weighted by Gasteiger charge is 2.08. The number of nitrogens with zero attached hydrogens (tertiary/aromatic N) is 1. The van der Waals surface area contributed by atoms with Gasteiger partial charge in [0.25, 0.3) is 0 Å². The largest absolute Gasteiger partial charge is 0.481 e. The van der Waals surface area contributed by atoms with Crippen LogP contribution in [0.15, 0.2) is 30.3 Å². The van der Waals surface area contributed by atoms with Crippen LogP contribution in [0.2, 0.25) is 10.0 Å². The van der Waals surface area contributed by atoms with Gasteiger partial charge in [0.2, 0.25) is 5.88 Å². The summed E-state index contributed by atoms with van der Waals surface area (Å²) in [4.78, 5) is 4.24. The second-order valence-electron chi connectivity index (χ2n) is 3.77. The molecule has 1 aromatic carbocycles. The highest BCUT2D eigenvalue weighted by Crippen LogP contribution is 2.31. The summed E-state index contributed by atoms with van der Waals surface area (Å²) in [6, 6.07) is 7.82. The molecule has 0 aliphatic heterocycles. The first-order chi connectivity index (χ1) is 9.10. The normalized spacial score (nSPS) is 10.3. The Labute approximate surface area is 120 Å². The van der Waals surface area contributed by atoms with Crippen molar-refractivity contribution in [2.24, 2.45) is 0 Å². The fraction of sp³-hybridized carbons (Fsp3) is 0.154. The van der Waals surface area contributed by atoms with Crippen molar-refractivity contribution in [2.45, 2.75) is 6.54 Å². The summed E-state index contributed by atoms with van der Waals surface area (Å²) in [6.07, 6.45) is 0. The van der Waals surface area contributed by atoms with E-state index in [1.807, 2.05) is 12.1 Å². The first kappa shape index (κ1) is 13.9. The number of pyridine rings is 1. The summed E-state index contributed by atoms with van der Waals surface area (Å²) in [5, 5.41) is 3.49. The van der Waals surface area contributed by atoms with E-state index in [-0.39, 0.29) is 10.0 Å². The van der Waals surface area contributed by atoms with E-state index < -0.39 is 5.82 Å². The maximum absolute atomic E-state index is 13.0. The summed E-state index contributed by atoms with van der Waals surface area (Å²) in [7, 11) is 1.55. The van der Waals surface area contributed by atoms with E-state index in [2.05, 4.69) is 10.3 Å². The molecule has 0 saturated heterocycles. The fourth-order valence-corrected chi connectivity index (χ4v) is 2.15. The van der Waals surface area contributed by atoms with Crippen LogP contribution < -0.4 is 10.1 Å². The molecule has 0 aliphatic rings. The minimum absolute atomic E-state index is 0.230. The lowest BCUT2D eigenvalue weighted by Crippen LogP contribution is -2.03. The Morgan fingerprint density at radius 2 is 1.95 bits per heavy atom. The Balaban J connectivity index is 2.14. The zero-order valence-electron chi connectivity index (χ0n) is 10.1. The number of halogens is 3. The van der Waals surface area contributed by atoms with Gasteiger partial charge in [-0.1, -0.05) is 29.3 Å². The number of rotatable bonds is 4. The van der Waals surface area contributed by atoms with Gasteiger partial charge in [-0.2, -0.15) is 0 Å². The smallest absolute Gasteiger partial charge is 0.213 e. The van der Waals surface area contributed by atoms with E-state index in [4.69, 9.17) is 27.9 Å². The Morgan fingerprint density at radius 1 is 1.26 bits per heavy atom. The molecule has 6 heteroatoms. The first-order valence-corrected chi connectivity index (χ1v) is 6.24. The Kier molecular flexibility index (Phi) is 4.45. The van der Waals surface area contributed by atoms with Gasteiger partial charge in [0.15, 0.2) is 0 Å². The molecule has 100 valence electrons. The van der Waals surface area contributed by atoms with Crippen LogP contribution in [0.3, 0.4) is 0 Å². The van der Waals surface area contributed by atoms with Crippen LogP contribution in [-0.2, 0) is 6.54 Å². The second kappa shape index (κ2) is 6.08. The van der Waals surface area contributed by atoms with Crippen LogP contribution in [0.25, 0.3) is 0 Å². The van der Waals surface area contributed by atoms with E-state index in [1.54, 1.807) is 13.2 Å². The zero-order valence-corrected chi connectivity index (χ0v) is 11.6. The van der Waals surface area contributed by atoms with Crippen molar-refractivity contribution < 1.29 is 9.13 Å². The van der Waals surface area contributed by atoms with Crippen molar-refractivity contribution in [3.05, 3.63) is 51.9 Å². The molecule has 0 aliphatic carbocycles. The maximum atomic E-state index is 13.0. The number of hydrogen-bond donors (Lipinski definition) is 1. The van der Waals surface area contributed by atoms with Gasteiger partial charge in [-0.15, -0.1) is 0 Å². The average molecular weight is 301 g/mol. The monoisotopic (exact) mass is 300 g/mol. The highest BCUT2D eigenvalue weighted by molar-refractivity contribution is 6.39. The van der Waals surface area contributed by atoms with Crippen LogP contribution in [0, 0.1) is 5.82 Å². The lowest BCUT2D eigenvalue weighted by atomic mass is 10.3. The second-order valence-corrected chi connectivity index (χ2v) is 4.58. The molecule has 0 unspecified atom stereocenters. The quantitative estimate of drug-likeness (QED) is 0.921. The van der Waals surface area contributed by atoms with Crippen LogP contribution in [0.4, 0.5) is 10.1 Å². The van der Waals surface area contributed by atoms with Gasteiger partial charge in [-0.25, -0.2) is 9.37 Å². The third-order valence-corrected chi connectivity index (χ3v) is 3.04. The summed E-state index contributed by atoms with van der Waals surface area (Å²) in [5.74, 6) is 0.0515. The first-order valence-electron chi connectivity index (χ1n) is 5.48. The number of anilines is 1. The predicted octanol–water partition coefficient (Wildman–Crippen LogP) is 4.15. The summed E-state index contributed by atoms with van der Waals surface area (Å²) >= 11 is 11.9. The van der Waals surface area contributed by atoms with Crippen LogP contribution in [-0.4, -0.2) is 12.1 Å². The van der Waals surface area contributed by atoms with Crippen LogP contribution >= 0.6 is 23.2 Å². The van der Waals surface area contributed by atoms with Gasteiger partial charge in [-0.3, -0.25) is 0 Å². The van der Waals surface area contributed by atoms with Crippen LogP contribution in [0.5, 0.6) is 5.88 Å². The summed E-state index contributed by atoms with van der Waals surface area (Å²) in [5.41, 5.74) is 1.24. The fourth-order valence-electron chi connectivity index (χ4n) is 1.56. The van der Waals surface area contributed by atoms with E-state index >= 15 is 0 Å². The van der Waals surface area contributed by atoms with E-state index in [0.29, 0.717) is 18.1 Å². The summed E-state index contributed by atoms with van der Waals surface area (Å²) in [6.45, 7) is 0.405. The standard InChI is InChI=1S/C13H11Cl2FN2O/c1-19-12-4-2-3-9(18-12)7-17-13-10(14)5-8(16)6-11(13)15/h2-6,17H,7H2,1H3. The molecule has 1 aromatic heterocycles. The number of nitrogens with one attached hydrogen (secondary N) is 1. The Hall–Kier alpha value is -1.52. The van der Waals surface area contributed by atoms with Crippen molar-refractivity contribution in [2.75, 3.05) is 12.4 Å². The Bertz CT molecular complexity index is 570. The molecular formula is C13H11Cl2FN2O. The van der Waals surface area contributed by atoms with E-state index in [0.717, 1.165) is 5.69 Å². The minimum atomic E-state index is -0.472. The average Bonchev–Trinajstić information content (AvgIpc) is 2.37. The number of aromatic nitrogens is 1. The lowest BCUT2D eigenvalue weighted by molar-refractivity contribution is 0.396. The molecule has 1 heterocycles. The molecule has 19 heavy (non-hydrogen) atoms. The zero-order chi connectivity index (χ0) is 13.8. The minimum Gasteiger partial charge on any atom is -0.481 e. The Morgan fingerprint density at radius 3 is 2.58 bits per heavy atom. The molecule has 0 bridgehead atoms. The molecule has 1 N–H and O–H groups in total. The molecule has 2 aromatic rings. The number of methoxy groups -OCH3 is 1. The van der Waals surface area contributed by atoms with Crippen molar-refractivity contribution in [3.8, 4) is 5.88 Å². The van der Waals surface area contributed by atoms with Gasteiger partial charge >= 0.3 is 0 Å². The van der Waals surface area contributed by atoms with Gasteiger partial charge in [0, 0.05) is 6.07 Å². The van der Waals surface area contributed by atoms with Crippen molar-refractivity contribution in [1.82, 2.24) is 4.98 Å². The SMILES string of the molecule is COc1cccc(CNc2c(Cl)cc(F)cc2Cl)n1. The third-order valence-electron chi connectivity index (χ3n) is 2.44. The van der Waals surface area contributed by atoms with Gasteiger partial charge < -0.3 is 10.1 Å². The molecule has 0 radical (unpaired) electrons. The molecule has 0 fully saturated rings. The molecule has 0 spiro atoms.